The van der Waals surface area contributed by atoms with Crippen molar-refractivity contribution in [1.82, 2.24) is 4.98 Å². The van der Waals surface area contributed by atoms with Gasteiger partial charge in [-0.25, -0.2) is 0 Å². The number of anilines is 1. The average Bonchev–Trinajstić information content (AvgIpc) is 2.73. The van der Waals surface area contributed by atoms with Crippen LogP contribution in [0.25, 0.3) is 0 Å². The van der Waals surface area contributed by atoms with Crippen molar-refractivity contribution in [3.05, 3.63) is 83.7 Å². The Labute approximate surface area is 157 Å². The highest BCUT2D eigenvalue weighted by atomic mass is 16.5. The molecule has 1 N–H and O–H groups in total. The topological polar surface area (TPSA) is 84.2 Å². The summed E-state index contributed by atoms with van der Waals surface area (Å²) in [5, 5.41) is 12.2. The number of aromatic nitrogens is 1. The van der Waals surface area contributed by atoms with Gasteiger partial charge in [0.1, 0.15) is 24.2 Å². The normalized spacial score (nSPS) is 9.93. The van der Waals surface area contributed by atoms with Crippen LogP contribution in [0.2, 0.25) is 0 Å². The monoisotopic (exact) mass is 359 g/mol. The molecule has 0 saturated heterocycles. The number of carbonyl (C=O) groups excluding carboxylic acids is 1. The van der Waals surface area contributed by atoms with Gasteiger partial charge in [-0.3, -0.25) is 9.78 Å². The summed E-state index contributed by atoms with van der Waals surface area (Å²) in [5.41, 5.74) is 2.20. The summed E-state index contributed by atoms with van der Waals surface area (Å²) in [6.45, 7) is 0.265. The lowest BCUT2D eigenvalue weighted by molar-refractivity contribution is 0.102. The number of ether oxygens (including phenoxy) is 2. The number of methoxy groups -OCH3 is 1. The fourth-order valence-electron chi connectivity index (χ4n) is 2.51. The summed E-state index contributed by atoms with van der Waals surface area (Å²) in [4.78, 5) is 16.1. The molecule has 0 saturated carbocycles. The van der Waals surface area contributed by atoms with Crippen molar-refractivity contribution >= 4 is 11.6 Å². The summed E-state index contributed by atoms with van der Waals surface area (Å²) < 4.78 is 11.1. The Morgan fingerprint density at radius 3 is 2.63 bits per heavy atom. The molecule has 0 aliphatic carbocycles. The van der Waals surface area contributed by atoms with Crippen LogP contribution in [0.1, 0.15) is 21.5 Å². The van der Waals surface area contributed by atoms with E-state index in [1.807, 2.05) is 24.3 Å². The molecule has 0 atom stereocenters. The Kier molecular flexibility index (Phi) is 5.65. The quantitative estimate of drug-likeness (QED) is 0.724. The van der Waals surface area contributed by atoms with Crippen molar-refractivity contribution in [2.45, 2.75) is 6.61 Å². The number of para-hydroxylation sites is 1. The number of pyridine rings is 1. The molecule has 6 nitrogen and oxygen atoms in total. The number of nitriles is 1. The van der Waals surface area contributed by atoms with Crippen LogP contribution in [-0.2, 0) is 6.61 Å². The molecule has 1 amide bonds. The molecule has 0 aliphatic heterocycles. The Balaban J connectivity index is 1.73. The van der Waals surface area contributed by atoms with Crippen molar-refractivity contribution < 1.29 is 14.3 Å². The minimum atomic E-state index is -0.274. The fraction of sp³-hybridized carbons (Fsp3) is 0.0952. The minimum absolute atomic E-state index is 0.265. The average molecular weight is 359 g/mol. The molecular formula is C21H17N3O3. The number of carbonyl (C=O) groups is 1. The molecule has 27 heavy (non-hydrogen) atoms. The van der Waals surface area contributed by atoms with E-state index in [1.165, 1.54) is 0 Å². The summed E-state index contributed by atoms with van der Waals surface area (Å²) >= 11 is 0. The van der Waals surface area contributed by atoms with E-state index >= 15 is 0 Å². The second kappa shape index (κ2) is 8.50. The van der Waals surface area contributed by atoms with Crippen LogP contribution in [0.15, 0.2) is 67.0 Å². The van der Waals surface area contributed by atoms with Crippen LogP contribution in [-0.4, -0.2) is 18.0 Å². The second-order valence-corrected chi connectivity index (χ2v) is 5.61. The number of hydrogen-bond acceptors (Lipinski definition) is 5. The van der Waals surface area contributed by atoms with Crippen LogP contribution >= 0.6 is 0 Å². The van der Waals surface area contributed by atoms with E-state index in [0.717, 1.165) is 11.3 Å². The van der Waals surface area contributed by atoms with Crippen LogP contribution in [0.5, 0.6) is 11.5 Å². The molecule has 134 valence electrons. The number of nitrogens with one attached hydrogen (secondary N) is 1. The molecule has 1 heterocycles. The van der Waals surface area contributed by atoms with Gasteiger partial charge in [0, 0.05) is 29.2 Å². The Bertz CT molecular complexity index is 981. The number of amides is 1. The SMILES string of the molecule is COc1ccccc1COc1ccc(NC(=O)c2ccncc2)cc1C#N. The van der Waals surface area contributed by atoms with E-state index in [0.29, 0.717) is 22.6 Å². The number of rotatable bonds is 6. The fourth-order valence-corrected chi connectivity index (χ4v) is 2.51. The van der Waals surface area contributed by atoms with Gasteiger partial charge in [0.2, 0.25) is 0 Å². The van der Waals surface area contributed by atoms with Crippen molar-refractivity contribution in [3.8, 4) is 17.6 Å². The van der Waals surface area contributed by atoms with Gasteiger partial charge in [0.25, 0.3) is 5.91 Å². The first-order valence-corrected chi connectivity index (χ1v) is 8.21. The maximum Gasteiger partial charge on any atom is 0.255 e. The van der Waals surface area contributed by atoms with Crippen LogP contribution in [0.3, 0.4) is 0 Å². The van der Waals surface area contributed by atoms with Gasteiger partial charge in [0.15, 0.2) is 0 Å². The highest BCUT2D eigenvalue weighted by Crippen LogP contribution is 2.25. The van der Waals surface area contributed by atoms with Crippen molar-refractivity contribution in [2.24, 2.45) is 0 Å². The summed E-state index contributed by atoms with van der Waals surface area (Å²) in [6.07, 6.45) is 3.09. The van der Waals surface area contributed by atoms with Crippen molar-refractivity contribution in [1.29, 1.82) is 5.26 Å². The zero-order valence-electron chi connectivity index (χ0n) is 14.7. The Morgan fingerprint density at radius 1 is 1.11 bits per heavy atom. The number of nitrogens with zero attached hydrogens (tertiary/aromatic N) is 2. The van der Waals surface area contributed by atoms with E-state index in [1.54, 1.807) is 49.8 Å². The maximum absolute atomic E-state index is 12.2. The molecule has 0 spiro atoms. The summed E-state index contributed by atoms with van der Waals surface area (Å²) in [5.74, 6) is 0.881. The molecule has 3 aromatic rings. The van der Waals surface area contributed by atoms with Gasteiger partial charge in [0.05, 0.1) is 12.7 Å². The smallest absolute Gasteiger partial charge is 0.255 e. The van der Waals surface area contributed by atoms with Crippen molar-refractivity contribution in [2.75, 3.05) is 12.4 Å². The second-order valence-electron chi connectivity index (χ2n) is 5.61. The first-order valence-electron chi connectivity index (χ1n) is 8.21. The van der Waals surface area contributed by atoms with E-state index < -0.39 is 0 Å². The van der Waals surface area contributed by atoms with Gasteiger partial charge < -0.3 is 14.8 Å². The molecule has 0 aliphatic rings. The van der Waals surface area contributed by atoms with Crippen LogP contribution in [0, 0.1) is 11.3 Å². The Morgan fingerprint density at radius 2 is 1.89 bits per heavy atom. The van der Waals surface area contributed by atoms with Gasteiger partial charge in [-0.15, -0.1) is 0 Å². The minimum Gasteiger partial charge on any atom is -0.496 e. The predicted molar refractivity (Wildman–Crippen MR) is 101 cm³/mol. The van der Waals surface area contributed by atoms with Gasteiger partial charge in [-0.2, -0.15) is 5.26 Å². The number of hydrogen-bond donors (Lipinski definition) is 1. The molecule has 0 unspecified atom stereocenters. The van der Waals surface area contributed by atoms with Crippen LogP contribution < -0.4 is 14.8 Å². The molecule has 2 aromatic carbocycles. The van der Waals surface area contributed by atoms with E-state index in [-0.39, 0.29) is 12.5 Å². The highest BCUT2D eigenvalue weighted by molar-refractivity contribution is 6.04. The molecule has 0 fully saturated rings. The first-order chi connectivity index (χ1) is 13.2. The lowest BCUT2D eigenvalue weighted by Crippen LogP contribution is -2.12. The molecule has 0 bridgehead atoms. The van der Waals surface area contributed by atoms with Gasteiger partial charge >= 0.3 is 0 Å². The zero-order valence-corrected chi connectivity index (χ0v) is 14.7. The Hall–Kier alpha value is -3.85. The summed E-state index contributed by atoms with van der Waals surface area (Å²) in [7, 11) is 1.60. The molecule has 1 aromatic heterocycles. The van der Waals surface area contributed by atoms with Gasteiger partial charge in [-0.05, 0) is 36.4 Å². The van der Waals surface area contributed by atoms with E-state index in [4.69, 9.17) is 9.47 Å². The van der Waals surface area contributed by atoms with Gasteiger partial charge in [-0.1, -0.05) is 18.2 Å². The predicted octanol–water partition coefficient (Wildman–Crippen LogP) is 3.79. The zero-order chi connectivity index (χ0) is 19.1. The first kappa shape index (κ1) is 18.0. The maximum atomic E-state index is 12.2. The van der Waals surface area contributed by atoms with E-state index in [9.17, 15) is 10.1 Å². The molecular weight excluding hydrogens is 342 g/mol. The largest absolute Gasteiger partial charge is 0.496 e. The highest BCUT2D eigenvalue weighted by Gasteiger charge is 2.10. The lowest BCUT2D eigenvalue weighted by Gasteiger charge is -2.12. The van der Waals surface area contributed by atoms with Crippen LogP contribution in [0.4, 0.5) is 5.69 Å². The third-order valence-electron chi connectivity index (χ3n) is 3.88. The van der Waals surface area contributed by atoms with Crippen molar-refractivity contribution in [3.63, 3.8) is 0 Å². The molecule has 3 rings (SSSR count). The lowest BCUT2D eigenvalue weighted by atomic mass is 10.1. The summed E-state index contributed by atoms with van der Waals surface area (Å²) in [6, 6.07) is 17.8. The third kappa shape index (κ3) is 4.41. The number of benzene rings is 2. The van der Waals surface area contributed by atoms with E-state index in [2.05, 4.69) is 16.4 Å². The molecule has 6 heteroatoms. The standard InChI is InChI=1S/C21H17N3O3/c1-26-19-5-3-2-4-16(19)14-27-20-7-6-18(12-17(20)13-22)24-21(25)15-8-10-23-11-9-15/h2-12H,14H2,1H3,(H,24,25). The third-order valence-corrected chi connectivity index (χ3v) is 3.88. The molecule has 0 radical (unpaired) electrons.